The highest BCUT2D eigenvalue weighted by Gasteiger charge is 2.18. The number of nitrogens with one attached hydrogen (secondary N) is 1. The lowest BCUT2D eigenvalue weighted by Crippen LogP contribution is -2.27. The van der Waals surface area contributed by atoms with Crippen LogP contribution in [0.15, 0.2) is 60.7 Å². The average Bonchev–Trinajstić information content (AvgIpc) is 2.68. The molecule has 0 aliphatic rings. The van der Waals surface area contributed by atoms with Gasteiger partial charge in [0.1, 0.15) is 17.3 Å². The third-order valence-electron chi connectivity index (χ3n) is 4.26. The van der Waals surface area contributed by atoms with Crippen LogP contribution in [0.4, 0.5) is 4.39 Å². The van der Waals surface area contributed by atoms with Crippen molar-refractivity contribution in [3.8, 4) is 11.5 Å². The van der Waals surface area contributed by atoms with Crippen LogP contribution in [0, 0.1) is 5.82 Å². The van der Waals surface area contributed by atoms with Gasteiger partial charge in [-0.15, -0.1) is 0 Å². The summed E-state index contributed by atoms with van der Waals surface area (Å²) in [4.78, 5) is 23.8. The van der Waals surface area contributed by atoms with E-state index in [0.29, 0.717) is 5.02 Å². The molecule has 154 valence electrons. The summed E-state index contributed by atoms with van der Waals surface area (Å²) in [6.07, 6.45) is 0. The minimum Gasteiger partial charge on any atom is -0.478 e. The van der Waals surface area contributed by atoms with E-state index in [1.807, 2.05) is 0 Å². The third kappa shape index (κ3) is 5.28. The molecule has 0 aliphatic carbocycles. The first kappa shape index (κ1) is 21.6. The fourth-order valence-electron chi connectivity index (χ4n) is 2.76. The molecule has 0 radical (unpaired) electrons. The molecule has 3 rings (SSSR count). The lowest BCUT2D eigenvalue weighted by atomic mass is 10.1. The topological polar surface area (TPSA) is 75.6 Å². The summed E-state index contributed by atoms with van der Waals surface area (Å²) in [7, 11) is 0. The van der Waals surface area contributed by atoms with Crippen molar-refractivity contribution < 1.29 is 23.8 Å². The Kier molecular flexibility index (Phi) is 6.59. The van der Waals surface area contributed by atoms with Crippen LogP contribution in [0.2, 0.25) is 10.0 Å². The SMILES string of the molecule is C[C@H](NC(=O)c1cc(Cl)ccc1Oc1cc(F)cc(Cl)c1)c1ccc(C(=O)O)cc1. The lowest BCUT2D eigenvalue weighted by molar-refractivity contribution is 0.0696. The number of hydrogen-bond donors (Lipinski definition) is 2. The third-order valence-corrected chi connectivity index (χ3v) is 4.71. The number of benzene rings is 3. The van der Waals surface area contributed by atoms with Crippen LogP contribution in [0.1, 0.15) is 39.2 Å². The largest absolute Gasteiger partial charge is 0.478 e. The van der Waals surface area contributed by atoms with Crippen molar-refractivity contribution >= 4 is 35.1 Å². The summed E-state index contributed by atoms with van der Waals surface area (Å²) in [6, 6.07) is 13.9. The quantitative estimate of drug-likeness (QED) is 0.477. The minimum atomic E-state index is -1.03. The molecule has 0 unspecified atom stereocenters. The van der Waals surface area contributed by atoms with E-state index in [0.717, 1.165) is 17.7 Å². The van der Waals surface area contributed by atoms with Gasteiger partial charge in [0.25, 0.3) is 5.91 Å². The minimum absolute atomic E-state index is 0.133. The molecule has 1 amide bonds. The number of carboxylic acid groups (broad SMARTS) is 1. The number of hydrogen-bond acceptors (Lipinski definition) is 3. The number of carboxylic acids is 1. The zero-order valence-electron chi connectivity index (χ0n) is 15.7. The van der Waals surface area contributed by atoms with Crippen molar-refractivity contribution in [3.63, 3.8) is 0 Å². The summed E-state index contributed by atoms with van der Waals surface area (Å²) >= 11 is 11.9. The molecule has 2 N–H and O–H groups in total. The Balaban J connectivity index is 1.82. The van der Waals surface area contributed by atoms with Crippen LogP contribution in [-0.2, 0) is 0 Å². The van der Waals surface area contributed by atoms with Gasteiger partial charge >= 0.3 is 5.97 Å². The summed E-state index contributed by atoms with van der Waals surface area (Å²) in [5.74, 6) is -1.77. The Morgan fingerprint density at radius 1 is 1.00 bits per heavy atom. The second kappa shape index (κ2) is 9.15. The van der Waals surface area contributed by atoms with E-state index in [4.69, 9.17) is 33.0 Å². The molecular weight excluding hydrogens is 432 g/mol. The number of carbonyl (C=O) groups excluding carboxylic acids is 1. The first-order chi connectivity index (χ1) is 14.2. The second-order valence-electron chi connectivity index (χ2n) is 6.47. The van der Waals surface area contributed by atoms with E-state index in [2.05, 4.69) is 5.32 Å². The maximum absolute atomic E-state index is 13.6. The van der Waals surface area contributed by atoms with Gasteiger partial charge in [-0.1, -0.05) is 35.3 Å². The van der Waals surface area contributed by atoms with Crippen LogP contribution in [0.5, 0.6) is 11.5 Å². The molecule has 0 aliphatic heterocycles. The molecule has 0 fully saturated rings. The maximum atomic E-state index is 13.6. The monoisotopic (exact) mass is 447 g/mol. The van der Waals surface area contributed by atoms with Gasteiger partial charge < -0.3 is 15.2 Å². The molecule has 3 aromatic rings. The molecule has 30 heavy (non-hydrogen) atoms. The average molecular weight is 448 g/mol. The van der Waals surface area contributed by atoms with Crippen LogP contribution >= 0.6 is 23.2 Å². The zero-order valence-corrected chi connectivity index (χ0v) is 17.2. The van der Waals surface area contributed by atoms with E-state index < -0.39 is 23.7 Å². The molecule has 0 heterocycles. The smallest absolute Gasteiger partial charge is 0.335 e. The molecule has 1 atom stereocenters. The molecule has 0 aromatic heterocycles. The summed E-state index contributed by atoms with van der Waals surface area (Å²) in [5, 5.41) is 12.3. The fourth-order valence-corrected chi connectivity index (χ4v) is 3.14. The second-order valence-corrected chi connectivity index (χ2v) is 7.34. The van der Waals surface area contributed by atoms with E-state index >= 15 is 0 Å². The highest BCUT2D eigenvalue weighted by molar-refractivity contribution is 6.31. The van der Waals surface area contributed by atoms with Gasteiger partial charge in [-0.05, 0) is 55.0 Å². The van der Waals surface area contributed by atoms with Crippen LogP contribution in [-0.4, -0.2) is 17.0 Å². The van der Waals surface area contributed by atoms with Gasteiger partial charge in [0, 0.05) is 16.1 Å². The molecular formula is C22H16Cl2FNO4. The number of carbonyl (C=O) groups is 2. The normalized spacial score (nSPS) is 11.6. The number of ether oxygens (including phenoxy) is 1. The number of aromatic carboxylic acids is 1. The van der Waals surface area contributed by atoms with Gasteiger partial charge in [-0.25, -0.2) is 9.18 Å². The molecule has 0 saturated heterocycles. The molecule has 0 saturated carbocycles. The van der Waals surface area contributed by atoms with Crippen LogP contribution in [0.25, 0.3) is 0 Å². The van der Waals surface area contributed by atoms with E-state index in [1.165, 1.54) is 30.3 Å². The molecule has 3 aromatic carbocycles. The highest BCUT2D eigenvalue weighted by Crippen LogP contribution is 2.30. The van der Waals surface area contributed by atoms with Gasteiger partial charge in [-0.2, -0.15) is 0 Å². The van der Waals surface area contributed by atoms with E-state index in [9.17, 15) is 14.0 Å². The van der Waals surface area contributed by atoms with Crippen molar-refractivity contribution in [2.45, 2.75) is 13.0 Å². The Hall–Kier alpha value is -3.09. The predicted molar refractivity (Wildman–Crippen MR) is 112 cm³/mol. The van der Waals surface area contributed by atoms with Crippen molar-refractivity contribution in [3.05, 3.63) is 93.2 Å². The Morgan fingerprint density at radius 2 is 1.70 bits per heavy atom. The van der Waals surface area contributed by atoms with Crippen LogP contribution in [0.3, 0.4) is 0 Å². The summed E-state index contributed by atoms with van der Waals surface area (Å²) in [6.45, 7) is 1.76. The number of halogens is 3. The molecule has 5 nitrogen and oxygen atoms in total. The zero-order chi connectivity index (χ0) is 21.8. The van der Waals surface area contributed by atoms with Gasteiger partial charge in [0.15, 0.2) is 0 Å². The van der Waals surface area contributed by atoms with Gasteiger partial charge in [-0.3, -0.25) is 4.79 Å². The van der Waals surface area contributed by atoms with E-state index in [1.54, 1.807) is 25.1 Å². The van der Waals surface area contributed by atoms with E-state index in [-0.39, 0.29) is 27.6 Å². The number of amides is 1. The van der Waals surface area contributed by atoms with Crippen molar-refractivity contribution in [1.82, 2.24) is 5.32 Å². The summed E-state index contributed by atoms with van der Waals surface area (Å²) < 4.78 is 19.3. The Labute approximate surface area is 182 Å². The first-order valence-electron chi connectivity index (χ1n) is 8.80. The van der Waals surface area contributed by atoms with Crippen molar-refractivity contribution in [2.75, 3.05) is 0 Å². The molecule has 8 heteroatoms. The predicted octanol–water partition coefficient (Wildman–Crippen LogP) is 6.11. The van der Waals surface area contributed by atoms with Crippen molar-refractivity contribution in [2.24, 2.45) is 0 Å². The maximum Gasteiger partial charge on any atom is 0.335 e. The van der Waals surface area contributed by atoms with Crippen molar-refractivity contribution in [1.29, 1.82) is 0 Å². The van der Waals surface area contributed by atoms with Gasteiger partial charge in [0.05, 0.1) is 17.2 Å². The number of rotatable bonds is 6. The standard InChI is InChI=1S/C22H16Cl2FNO4/c1-12(13-2-4-14(5-3-13)22(28)29)26-21(27)19-10-15(23)6-7-20(19)30-18-9-16(24)8-17(25)11-18/h2-12H,1H3,(H,26,27)(H,28,29)/t12-/m0/s1. The van der Waals surface area contributed by atoms with Gasteiger partial charge in [0.2, 0.25) is 0 Å². The Morgan fingerprint density at radius 3 is 2.33 bits per heavy atom. The van der Waals surface area contributed by atoms with Crippen LogP contribution < -0.4 is 10.1 Å². The highest BCUT2D eigenvalue weighted by atomic mass is 35.5. The molecule has 0 bridgehead atoms. The molecule has 0 spiro atoms. The summed E-state index contributed by atoms with van der Waals surface area (Å²) in [5.41, 5.74) is 1.02. The lowest BCUT2D eigenvalue weighted by Gasteiger charge is -2.17. The first-order valence-corrected chi connectivity index (χ1v) is 9.56. The fraction of sp³-hybridized carbons (Fsp3) is 0.0909. The Bertz CT molecular complexity index is 1080.